The topological polar surface area (TPSA) is 92.5 Å². The maximum Gasteiger partial charge on any atom is 0.323 e. The first-order valence-electron chi connectivity index (χ1n) is 7.82. The predicted molar refractivity (Wildman–Crippen MR) is 90.3 cm³/mol. The largest absolute Gasteiger partial charge is 0.354 e. The summed E-state index contributed by atoms with van der Waals surface area (Å²) in [5, 5.41) is 6.28. The van der Waals surface area contributed by atoms with Crippen LogP contribution in [0, 0.1) is 11.7 Å². The van der Waals surface area contributed by atoms with Crippen LogP contribution in [0.2, 0.25) is 0 Å². The molecule has 0 spiro atoms. The normalized spacial score (nSPS) is 20.1. The molecule has 0 unspecified atom stereocenters. The number of nitrogens with zero attached hydrogens (tertiary/aromatic N) is 2. The van der Waals surface area contributed by atoms with Crippen LogP contribution in [0.25, 0.3) is 11.3 Å². The van der Waals surface area contributed by atoms with Crippen molar-refractivity contribution in [2.24, 2.45) is 5.92 Å². The van der Waals surface area contributed by atoms with Gasteiger partial charge in [-0.1, -0.05) is 24.2 Å². The van der Waals surface area contributed by atoms with Gasteiger partial charge in [-0.15, -0.1) is 0 Å². The Morgan fingerprint density at radius 2 is 2.16 bits per heavy atom. The van der Waals surface area contributed by atoms with Crippen molar-refractivity contribution in [3.63, 3.8) is 0 Å². The summed E-state index contributed by atoms with van der Waals surface area (Å²) in [6, 6.07) is 7.04. The molecule has 2 amide bonds. The van der Waals surface area contributed by atoms with E-state index in [-0.39, 0.29) is 41.1 Å². The first-order chi connectivity index (χ1) is 11.8. The number of benzene rings is 1. The molecule has 0 bridgehead atoms. The van der Waals surface area contributed by atoms with Gasteiger partial charge in [0.1, 0.15) is 5.82 Å². The van der Waals surface area contributed by atoms with E-state index in [1.807, 2.05) is 0 Å². The number of urea groups is 1. The van der Waals surface area contributed by atoms with Crippen LogP contribution in [0.15, 0.2) is 34.9 Å². The van der Waals surface area contributed by atoms with E-state index in [1.165, 1.54) is 17.0 Å². The van der Waals surface area contributed by atoms with Crippen LogP contribution in [0.5, 0.6) is 0 Å². The summed E-state index contributed by atoms with van der Waals surface area (Å²) in [5.74, 6) is -0.266. The molecule has 1 fully saturated rings. The van der Waals surface area contributed by atoms with Crippen LogP contribution in [-0.4, -0.2) is 49.1 Å². The van der Waals surface area contributed by atoms with Crippen LogP contribution in [0.1, 0.15) is 6.92 Å². The van der Waals surface area contributed by atoms with Crippen LogP contribution in [0.4, 0.5) is 15.0 Å². The summed E-state index contributed by atoms with van der Waals surface area (Å²) in [6.45, 7) is 2.25. The first-order valence-corrected chi connectivity index (χ1v) is 9.64. The van der Waals surface area contributed by atoms with Crippen LogP contribution in [-0.2, 0) is 9.84 Å². The monoisotopic (exact) mass is 367 g/mol. The number of hydrogen-bond acceptors (Lipinski definition) is 5. The molecule has 1 aliphatic heterocycles. The fraction of sp³-hybridized carbons (Fsp3) is 0.375. The lowest BCUT2D eigenvalue weighted by atomic mass is 10.1. The van der Waals surface area contributed by atoms with Crippen LogP contribution >= 0.6 is 0 Å². The number of halogens is 1. The third kappa shape index (κ3) is 4.16. The number of carbonyl (C=O) groups excluding carboxylic acids is 1. The van der Waals surface area contributed by atoms with E-state index < -0.39 is 21.7 Å². The SMILES string of the molecule is C[C@H]1CN(C(=O)Nc2cc(-c3ccccc3F)on2)CCS(=O)(=O)C1. The van der Waals surface area contributed by atoms with Crippen LogP contribution in [0.3, 0.4) is 0 Å². The zero-order valence-electron chi connectivity index (χ0n) is 13.6. The lowest BCUT2D eigenvalue weighted by Crippen LogP contribution is -2.38. The highest BCUT2D eigenvalue weighted by atomic mass is 32.2. The number of hydrogen-bond donors (Lipinski definition) is 1. The maximum atomic E-state index is 13.8. The molecular weight excluding hydrogens is 349 g/mol. The van der Waals surface area contributed by atoms with Crippen molar-refractivity contribution in [2.75, 3.05) is 29.9 Å². The van der Waals surface area contributed by atoms with E-state index in [9.17, 15) is 17.6 Å². The second kappa shape index (κ2) is 6.83. The molecule has 0 radical (unpaired) electrons. The van der Waals surface area contributed by atoms with Crippen molar-refractivity contribution in [1.29, 1.82) is 0 Å². The predicted octanol–water partition coefficient (Wildman–Crippen LogP) is 2.38. The molecule has 1 aliphatic rings. The second-order valence-electron chi connectivity index (χ2n) is 6.15. The quantitative estimate of drug-likeness (QED) is 0.880. The molecule has 134 valence electrons. The van der Waals surface area contributed by atoms with E-state index in [0.29, 0.717) is 6.54 Å². The highest BCUT2D eigenvalue weighted by Crippen LogP contribution is 2.25. The molecule has 7 nitrogen and oxygen atoms in total. The van der Waals surface area contributed by atoms with Gasteiger partial charge in [-0.3, -0.25) is 5.32 Å². The van der Waals surface area contributed by atoms with Gasteiger partial charge in [0.2, 0.25) is 0 Å². The van der Waals surface area contributed by atoms with Crippen molar-refractivity contribution in [2.45, 2.75) is 6.92 Å². The molecule has 1 saturated heterocycles. The van der Waals surface area contributed by atoms with Gasteiger partial charge in [-0.2, -0.15) is 0 Å². The fourth-order valence-electron chi connectivity index (χ4n) is 2.78. The van der Waals surface area contributed by atoms with E-state index in [4.69, 9.17) is 4.52 Å². The van der Waals surface area contributed by atoms with Gasteiger partial charge in [-0.05, 0) is 18.1 Å². The van der Waals surface area contributed by atoms with Gasteiger partial charge in [0, 0.05) is 19.2 Å². The molecule has 9 heteroatoms. The minimum absolute atomic E-state index is 0.0654. The highest BCUT2D eigenvalue weighted by molar-refractivity contribution is 7.91. The zero-order chi connectivity index (χ0) is 18.0. The van der Waals surface area contributed by atoms with E-state index in [2.05, 4.69) is 10.5 Å². The van der Waals surface area contributed by atoms with Gasteiger partial charge in [0.15, 0.2) is 21.4 Å². The lowest BCUT2D eigenvalue weighted by molar-refractivity contribution is 0.209. The number of anilines is 1. The number of rotatable bonds is 2. The average Bonchev–Trinajstić information content (AvgIpc) is 2.93. The Kier molecular flexibility index (Phi) is 4.76. The molecule has 25 heavy (non-hydrogen) atoms. The molecule has 1 aromatic heterocycles. The number of sulfone groups is 1. The molecule has 0 saturated carbocycles. The number of nitrogens with one attached hydrogen (secondary N) is 1. The van der Waals surface area contributed by atoms with E-state index in [1.54, 1.807) is 25.1 Å². The van der Waals surface area contributed by atoms with Crippen molar-refractivity contribution < 1.29 is 22.1 Å². The van der Waals surface area contributed by atoms with E-state index in [0.717, 1.165) is 0 Å². The van der Waals surface area contributed by atoms with Gasteiger partial charge in [0.05, 0.1) is 17.1 Å². The molecular formula is C16H18FN3O4S. The highest BCUT2D eigenvalue weighted by Gasteiger charge is 2.27. The Morgan fingerprint density at radius 1 is 1.40 bits per heavy atom. The Balaban J connectivity index is 1.71. The molecule has 1 N–H and O–H groups in total. The standard InChI is InChI=1S/C16H18FN3O4S/c1-11-9-20(6-7-25(22,23)10-11)16(21)18-15-8-14(24-19-15)12-4-2-3-5-13(12)17/h2-5,8,11H,6-7,9-10H2,1H3,(H,18,19,21)/t11-/m0/s1. The Bertz CT molecular complexity index is 881. The van der Waals surface area contributed by atoms with Crippen LogP contribution < -0.4 is 5.32 Å². The Labute approximate surface area is 144 Å². The van der Waals surface area contributed by atoms with Gasteiger partial charge < -0.3 is 9.42 Å². The van der Waals surface area contributed by atoms with Gasteiger partial charge in [0.25, 0.3) is 0 Å². The summed E-state index contributed by atoms with van der Waals surface area (Å²) in [7, 11) is -3.14. The lowest BCUT2D eigenvalue weighted by Gasteiger charge is -2.21. The molecule has 0 aliphatic carbocycles. The van der Waals surface area contributed by atoms with Crippen molar-refractivity contribution >= 4 is 21.7 Å². The van der Waals surface area contributed by atoms with Crippen molar-refractivity contribution in [3.8, 4) is 11.3 Å². The molecule has 3 rings (SSSR count). The number of aromatic nitrogens is 1. The minimum atomic E-state index is -3.14. The molecule has 2 aromatic rings. The summed E-state index contributed by atoms with van der Waals surface area (Å²) in [5.41, 5.74) is 0.241. The summed E-state index contributed by atoms with van der Waals surface area (Å²) in [6.07, 6.45) is 0. The number of carbonyl (C=O) groups is 1. The summed E-state index contributed by atoms with van der Waals surface area (Å²) in [4.78, 5) is 13.8. The maximum absolute atomic E-state index is 13.8. The molecule has 1 atom stereocenters. The number of amides is 2. The van der Waals surface area contributed by atoms with E-state index >= 15 is 0 Å². The minimum Gasteiger partial charge on any atom is -0.354 e. The summed E-state index contributed by atoms with van der Waals surface area (Å²) < 4.78 is 42.4. The zero-order valence-corrected chi connectivity index (χ0v) is 14.4. The second-order valence-corrected chi connectivity index (χ2v) is 8.38. The average molecular weight is 367 g/mol. The van der Waals surface area contributed by atoms with Crippen molar-refractivity contribution in [3.05, 3.63) is 36.1 Å². The third-order valence-corrected chi connectivity index (χ3v) is 5.80. The van der Waals surface area contributed by atoms with Crippen molar-refractivity contribution in [1.82, 2.24) is 10.1 Å². The first kappa shape index (κ1) is 17.4. The third-order valence-electron chi connectivity index (χ3n) is 3.91. The molecule has 1 aromatic carbocycles. The van der Waals surface area contributed by atoms with Gasteiger partial charge in [-0.25, -0.2) is 17.6 Å². The Hall–Kier alpha value is -2.42. The van der Waals surface area contributed by atoms with Gasteiger partial charge >= 0.3 is 6.03 Å². The summed E-state index contributed by atoms with van der Waals surface area (Å²) >= 11 is 0. The molecule has 2 heterocycles. The fourth-order valence-corrected chi connectivity index (χ4v) is 4.42. The Morgan fingerprint density at radius 3 is 2.92 bits per heavy atom. The smallest absolute Gasteiger partial charge is 0.323 e.